The molecule has 4 aromatic rings. The van der Waals surface area contributed by atoms with E-state index in [1.54, 1.807) is 30.3 Å². The van der Waals surface area contributed by atoms with Gasteiger partial charge in [0.15, 0.2) is 5.76 Å². The fraction of sp³-hybridized carbons (Fsp3) is 0.174. The summed E-state index contributed by atoms with van der Waals surface area (Å²) in [6.07, 6.45) is 1.42. The third-order valence-electron chi connectivity index (χ3n) is 4.70. The number of rotatable bonds is 7. The monoisotopic (exact) mass is 420 g/mol. The molecule has 0 radical (unpaired) electrons. The number of benzene rings is 2. The van der Waals surface area contributed by atoms with Crippen molar-refractivity contribution in [3.05, 3.63) is 95.0 Å². The molecule has 8 heteroatoms. The molecule has 1 amide bonds. The summed E-state index contributed by atoms with van der Waals surface area (Å²) in [5, 5.41) is 6.73. The maximum Gasteiger partial charge on any atom is 0.293 e. The van der Waals surface area contributed by atoms with Gasteiger partial charge in [0, 0.05) is 5.56 Å². The lowest BCUT2D eigenvalue weighted by molar-refractivity contribution is 0.0991. The number of para-hydroxylation sites is 1. The van der Waals surface area contributed by atoms with Gasteiger partial charge >= 0.3 is 0 Å². The van der Waals surface area contributed by atoms with E-state index < -0.39 is 5.91 Å². The molecule has 0 unspecified atom stereocenters. The lowest BCUT2D eigenvalue weighted by atomic mass is 10.1. The molecule has 2 aromatic carbocycles. The number of hydrogen-bond acceptors (Lipinski definition) is 5. The predicted molar refractivity (Wildman–Crippen MR) is 112 cm³/mol. The van der Waals surface area contributed by atoms with Crippen molar-refractivity contribution in [3.8, 4) is 5.75 Å². The van der Waals surface area contributed by atoms with Crippen LogP contribution >= 0.6 is 0 Å². The molecular formula is C23H21FN4O3. The number of amides is 1. The maximum absolute atomic E-state index is 13.8. The van der Waals surface area contributed by atoms with Gasteiger partial charge in [-0.3, -0.25) is 10.1 Å². The van der Waals surface area contributed by atoms with Gasteiger partial charge in [-0.1, -0.05) is 36.4 Å². The molecule has 1 N–H and O–H groups in total. The Morgan fingerprint density at radius 1 is 1.10 bits per heavy atom. The third kappa shape index (κ3) is 4.80. The van der Waals surface area contributed by atoms with E-state index in [1.807, 2.05) is 32.0 Å². The summed E-state index contributed by atoms with van der Waals surface area (Å²) in [5.41, 5.74) is 2.54. The topological polar surface area (TPSA) is 82.2 Å². The molecule has 0 spiro atoms. The Hall–Kier alpha value is -3.94. The first-order valence-corrected chi connectivity index (χ1v) is 9.71. The highest BCUT2D eigenvalue weighted by atomic mass is 19.1. The van der Waals surface area contributed by atoms with Crippen LogP contribution in [0.15, 0.2) is 65.3 Å². The van der Waals surface area contributed by atoms with Crippen molar-refractivity contribution in [3.63, 3.8) is 0 Å². The summed E-state index contributed by atoms with van der Waals surface area (Å²) in [5.74, 6) is 0.730. The van der Waals surface area contributed by atoms with Crippen LogP contribution in [0.4, 0.5) is 10.3 Å². The second kappa shape index (κ2) is 8.83. The number of carbonyl (C=O) groups is 1. The van der Waals surface area contributed by atoms with Gasteiger partial charge in [-0.15, -0.1) is 5.10 Å². The number of aromatic nitrogens is 3. The first-order chi connectivity index (χ1) is 15.0. The van der Waals surface area contributed by atoms with Gasteiger partial charge in [0.25, 0.3) is 5.91 Å². The normalized spacial score (nSPS) is 10.8. The number of nitrogens with zero attached hydrogens (tertiary/aromatic N) is 3. The number of ether oxygens (including phenoxy) is 1. The van der Waals surface area contributed by atoms with Gasteiger partial charge in [0.1, 0.15) is 30.3 Å². The SMILES string of the molecule is Cc1cccc(C)c1OCc1ccc(C(=O)Nc2ncn(Cc3ccccc3F)n2)o1. The smallest absolute Gasteiger partial charge is 0.293 e. The summed E-state index contributed by atoms with van der Waals surface area (Å²) in [6, 6.07) is 15.6. The number of aryl methyl sites for hydroxylation is 2. The zero-order valence-electron chi connectivity index (χ0n) is 17.1. The molecular weight excluding hydrogens is 399 g/mol. The number of nitrogens with one attached hydrogen (secondary N) is 1. The Labute approximate surface area is 178 Å². The van der Waals surface area contributed by atoms with Crippen molar-refractivity contribution in [1.29, 1.82) is 0 Å². The molecule has 0 aliphatic rings. The number of halogens is 1. The van der Waals surface area contributed by atoms with E-state index in [4.69, 9.17) is 9.15 Å². The molecule has 158 valence electrons. The molecule has 0 saturated carbocycles. The second-order valence-electron chi connectivity index (χ2n) is 7.09. The van der Waals surface area contributed by atoms with E-state index in [0.29, 0.717) is 11.3 Å². The highest BCUT2D eigenvalue weighted by Crippen LogP contribution is 2.24. The van der Waals surface area contributed by atoms with Gasteiger partial charge in [-0.25, -0.2) is 14.1 Å². The molecule has 0 saturated heterocycles. The van der Waals surface area contributed by atoms with Crippen LogP contribution in [0.25, 0.3) is 0 Å². The van der Waals surface area contributed by atoms with Crippen molar-refractivity contribution < 1.29 is 18.3 Å². The zero-order chi connectivity index (χ0) is 21.8. The van der Waals surface area contributed by atoms with E-state index in [1.165, 1.54) is 17.1 Å². The molecule has 4 rings (SSSR count). The summed E-state index contributed by atoms with van der Waals surface area (Å²) < 4.78 is 26.7. The van der Waals surface area contributed by atoms with Crippen LogP contribution in [0, 0.1) is 19.7 Å². The van der Waals surface area contributed by atoms with Crippen LogP contribution < -0.4 is 10.1 Å². The van der Waals surface area contributed by atoms with E-state index in [2.05, 4.69) is 15.4 Å². The molecule has 0 fully saturated rings. The van der Waals surface area contributed by atoms with Crippen molar-refractivity contribution in [1.82, 2.24) is 14.8 Å². The van der Waals surface area contributed by atoms with E-state index in [-0.39, 0.29) is 30.7 Å². The minimum Gasteiger partial charge on any atom is -0.485 e. The van der Waals surface area contributed by atoms with Gasteiger partial charge in [-0.05, 0) is 43.2 Å². The number of hydrogen-bond donors (Lipinski definition) is 1. The number of furan rings is 1. The van der Waals surface area contributed by atoms with Crippen LogP contribution in [-0.4, -0.2) is 20.7 Å². The van der Waals surface area contributed by atoms with Crippen LogP contribution in [0.5, 0.6) is 5.75 Å². The third-order valence-corrected chi connectivity index (χ3v) is 4.70. The Morgan fingerprint density at radius 3 is 2.65 bits per heavy atom. The Bertz CT molecular complexity index is 1190. The van der Waals surface area contributed by atoms with Gasteiger partial charge < -0.3 is 9.15 Å². The first-order valence-electron chi connectivity index (χ1n) is 9.71. The lowest BCUT2D eigenvalue weighted by Gasteiger charge is -2.10. The van der Waals surface area contributed by atoms with Crippen molar-refractivity contribution in [2.45, 2.75) is 27.0 Å². The van der Waals surface area contributed by atoms with E-state index in [9.17, 15) is 9.18 Å². The van der Waals surface area contributed by atoms with Crippen LogP contribution in [0.3, 0.4) is 0 Å². The minimum atomic E-state index is -0.484. The fourth-order valence-electron chi connectivity index (χ4n) is 3.14. The van der Waals surface area contributed by atoms with E-state index >= 15 is 0 Å². The average molecular weight is 420 g/mol. The number of anilines is 1. The zero-order valence-corrected chi connectivity index (χ0v) is 17.1. The highest BCUT2D eigenvalue weighted by molar-refractivity contribution is 6.01. The molecule has 0 aliphatic carbocycles. The molecule has 0 aliphatic heterocycles. The van der Waals surface area contributed by atoms with Crippen molar-refractivity contribution in [2.24, 2.45) is 0 Å². The Balaban J connectivity index is 1.36. The average Bonchev–Trinajstić information content (AvgIpc) is 3.39. The summed E-state index contributed by atoms with van der Waals surface area (Å²) >= 11 is 0. The second-order valence-corrected chi connectivity index (χ2v) is 7.09. The summed E-state index contributed by atoms with van der Waals surface area (Å²) in [4.78, 5) is 16.5. The Kier molecular flexibility index (Phi) is 5.79. The minimum absolute atomic E-state index is 0.103. The van der Waals surface area contributed by atoms with Crippen LogP contribution in [0.1, 0.15) is 33.0 Å². The Morgan fingerprint density at radius 2 is 1.87 bits per heavy atom. The predicted octanol–water partition coefficient (Wildman–Crippen LogP) is 4.51. The first kappa shape index (κ1) is 20.3. The molecule has 7 nitrogen and oxygen atoms in total. The van der Waals surface area contributed by atoms with Crippen LogP contribution in [0.2, 0.25) is 0 Å². The molecule has 0 bridgehead atoms. The van der Waals surface area contributed by atoms with Crippen molar-refractivity contribution >= 4 is 11.9 Å². The lowest BCUT2D eigenvalue weighted by Crippen LogP contribution is -2.13. The fourth-order valence-corrected chi connectivity index (χ4v) is 3.14. The molecule has 2 aromatic heterocycles. The largest absolute Gasteiger partial charge is 0.485 e. The number of carbonyl (C=O) groups excluding carboxylic acids is 1. The highest BCUT2D eigenvalue weighted by Gasteiger charge is 2.15. The molecule has 0 atom stereocenters. The van der Waals surface area contributed by atoms with E-state index in [0.717, 1.165) is 16.9 Å². The molecule has 31 heavy (non-hydrogen) atoms. The van der Waals surface area contributed by atoms with Gasteiger partial charge in [0.05, 0.1) is 6.54 Å². The van der Waals surface area contributed by atoms with Crippen LogP contribution in [-0.2, 0) is 13.2 Å². The maximum atomic E-state index is 13.8. The van der Waals surface area contributed by atoms with Crippen molar-refractivity contribution in [2.75, 3.05) is 5.32 Å². The van der Waals surface area contributed by atoms with Gasteiger partial charge in [0.2, 0.25) is 5.95 Å². The molecule has 2 heterocycles. The quantitative estimate of drug-likeness (QED) is 0.476. The summed E-state index contributed by atoms with van der Waals surface area (Å²) in [6.45, 7) is 4.36. The standard InChI is InChI=1S/C23H21FN4O3/c1-15-6-5-7-16(2)21(15)30-13-18-10-11-20(31-18)22(29)26-23-25-14-28(27-23)12-17-8-3-4-9-19(17)24/h3-11,14H,12-13H2,1-2H3,(H,26,27,29). The van der Waals surface area contributed by atoms with Gasteiger partial charge in [-0.2, -0.15) is 0 Å². The summed E-state index contributed by atoms with van der Waals surface area (Å²) in [7, 11) is 0.